The quantitative estimate of drug-likeness (QED) is 0.527. The molecule has 0 radical (unpaired) electrons. The van der Waals surface area contributed by atoms with Crippen LogP contribution in [0.2, 0.25) is 0 Å². The lowest BCUT2D eigenvalue weighted by atomic mass is 10.3. The Labute approximate surface area is 109 Å². The maximum absolute atomic E-state index is 11.3. The van der Waals surface area contributed by atoms with Crippen LogP contribution in [0.1, 0.15) is 26.7 Å². The van der Waals surface area contributed by atoms with Crippen LogP contribution in [0.3, 0.4) is 0 Å². The Kier molecular flexibility index (Phi) is 10.3. The van der Waals surface area contributed by atoms with E-state index < -0.39 is 5.97 Å². The minimum absolute atomic E-state index is 0.114. The maximum Gasteiger partial charge on any atom is 0.325 e. The number of nitrogens with one attached hydrogen (secondary N) is 1. The summed E-state index contributed by atoms with van der Waals surface area (Å²) in [4.78, 5) is 24.3. The van der Waals surface area contributed by atoms with Crippen LogP contribution >= 0.6 is 0 Å². The van der Waals surface area contributed by atoms with Crippen molar-refractivity contribution < 1.29 is 14.3 Å². The van der Waals surface area contributed by atoms with Crippen LogP contribution in [0.5, 0.6) is 0 Å². The Morgan fingerprint density at radius 3 is 2.28 bits per heavy atom. The first-order valence-corrected chi connectivity index (χ1v) is 6.48. The van der Waals surface area contributed by atoms with E-state index in [1.54, 1.807) is 0 Å². The van der Waals surface area contributed by atoms with Gasteiger partial charge in [0, 0.05) is 6.54 Å². The number of esters is 1. The Bertz CT molecular complexity index is 241. The van der Waals surface area contributed by atoms with Crippen molar-refractivity contribution >= 4 is 11.9 Å². The monoisotopic (exact) mass is 259 g/mol. The zero-order valence-electron chi connectivity index (χ0n) is 11.4. The summed E-state index contributed by atoms with van der Waals surface area (Å²) >= 11 is 0. The van der Waals surface area contributed by atoms with E-state index in [4.69, 9.17) is 10.5 Å². The molecule has 0 saturated carbocycles. The molecule has 0 atom stereocenters. The Morgan fingerprint density at radius 1 is 1.17 bits per heavy atom. The zero-order chi connectivity index (χ0) is 13.8. The van der Waals surface area contributed by atoms with Gasteiger partial charge in [0.05, 0.1) is 6.54 Å². The third-order valence-corrected chi connectivity index (χ3v) is 2.37. The first-order chi connectivity index (χ1) is 8.63. The molecule has 0 saturated heterocycles. The maximum atomic E-state index is 11.3. The van der Waals surface area contributed by atoms with Crippen molar-refractivity contribution in [1.29, 1.82) is 0 Å². The third kappa shape index (κ3) is 8.95. The van der Waals surface area contributed by atoms with Crippen LogP contribution in [0.25, 0.3) is 0 Å². The van der Waals surface area contributed by atoms with Gasteiger partial charge in [0.15, 0.2) is 0 Å². The first kappa shape index (κ1) is 16.9. The van der Waals surface area contributed by atoms with Gasteiger partial charge in [-0.25, -0.2) is 0 Å². The summed E-state index contributed by atoms with van der Waals surface area (Å²) < 4.78 is 5.02. The van der Waals surface area contributed by atoms with Crippen molar-refractivity contribution in [3.05, 3.63) is 0 Å². The molecule has 0 aromatic heterocycles. The van der Waals surface area contributed by atoms with Crippen LogP contribution < -0.4 is 11.1 Å². The minimum atomic E-state index is -0.426. The molecular weight excluding hydrogens is 234 g/mol. The second kappa shape index (κ2) is 11.0. The summed E-state index contributed by atoms with van der Waals surface area (Å²) in [6.07, 6.45) is 2.17. The lowest BCUT2D eigenvalue weighted by Crippen LogP contribution is -2.36. The van der Waals surface area contributed by atoms with E-state index >= 15 is 0 Å². The van der Waals surface area contributed by atoms with Gasteiger partial charge in [-0.3, -0.25) is 14.5 Å². The van der Waals surface area contributed by atoms with E-state index in [2.05, 4.69) is 24.1 Å². The number of rotatable bonds is 10. The molecule has 0 aliphatic carbocycles. The normalized spacial score (nSPS) is 10.4. The van der Waals surface area contributed by atoms with Gasteiger partial charge in [0.25, 0.3) is 0 Å². The Hall–Kier alpha value is -1.14. The average molecular weight is 259 g/mol. The molecule has 106 valence electrons. The SMILES string of the molecule is CCCN(CCC)CCOC(=O)CNC(=O)CN. The fourth-order valence-electron chi connectivity index (χ4n) is 1.55. The van der Waals surface area contributed by atoms with Crippen LogP contribution in [-0.4, -0.2) is 56.1 Å². The number of amides is 1. The van der Waals surface area contributed by atoms with Gasteiger partial charge < -0.3 is 15.8 Å². The van der Waals surface area contributed by atoms with Crippen LogP contribution in [0, 0.1) is 0 Å². The molecule has 0 aliphatic rings. The number of hydrogen-bond donors (Lipinski definition) is 2. The molecular formula is C12H25N3O3. The van der Waals surface area contributed by atoms with Crippen molar-refractivity contribution in [3.63, 3.8) is 0 Å². The third-order valence-electron chi connectivity index (χ3n) is 2.37. The molecule has 0 spiro atoms. The number of ether oxygens (including phenoxy) is 1. The van der Waals surface area contributed by atoms with Gasteiger partial charge in [0.1, 0.15) is 13.2 Å². The molecule has 6 heteroatoms. The second-order valence-electron chi connectivity index (χ2n) is 4.04. The Balaban J connectivity index is 3.67. The van der Waals surface area contributed by atoms with E-state index in [-0.39, 0.29) is 19.0 Å². The molecule has 0 unspecified atom stereocenters. The summed E-state index contributed by atoms with van der Waals surface area (Å²) in [5.74, 6) is -0.782. The lowest BCUT2D eigenvalue weighted by molar-refractivity contribution is -0.144. The summed E-state index contributed by atoms with van der Waals surface area (Å²) in [5.41, 5.74) is 5.09. The number of nitrogens with two attached hydrogens (primary N) is 1. The number of carbonyl (C=O) groups excluding carboxylic acids is 2. The van der Waals surface area contributed by atoms with Crippen molar-refractivity contribution in [1.82, 2.24) is 10.2 Å². The molecule has 0 aromatic carbocycles. The molecule has 0 bridgehead atoms. The van der Waals surface area contributed by atoms with E-state index in [1.807, 2.05) is 0 Å². The average Bonchev–Trinajstić information content (AvgIpc) is 2.36. The smallest absolute Gasteiger partial charge is 0.325 e. The fourth-order valence-corrected chi connectivity index (χ4v) is 1.55. The molecule has 6 nitrogen and oxygen atoms in total. The molecule has 0 heterocycles. The molecule has 18 heavy (non-hydrogen) atoms. The van der Waals surface area contributed by atoms with Gasteiger partial charge >= 0.3 is 5.97 Å². The van der Waals surface area contributed by atoms with Gasteiger partial charge in [-0.15, -0.1) is 0 Å². The summed E-state index contributed by atoms with van der Waals surface area (Å²) in [5, 5.41) is 2.37. The van der Waals surface area contributed by atoms with E-state index in [0.717, 1.165) is 32.5 Å². The molecule has 0 aromatic rings. The predicted octanol–water partition coefficient (Wildman–Crippen LogP) is -0.273. The van der Waals surface area contributed by atoms with Crippen molar-refractivity contribution in [2.75, 3.05) is 39.3 Å². The van der Waals surface area contributed by atoms with Gasteiger partial charge in [-0.2, -0.15) is 0 Å². The molecule has 0 aliphatic heterocycles. The van der Waals surface area contributed by atoms with Crippen LogP contribution in [0.4, 0.5) is 0 Å². The first-order valence-electron chi connectivity index (χ1n) is 6.48. The van der Waals surface area contributed by atoms with Gasteiger partial charge in [0.2, 0.25) is 5.91 Å². The van der Waals surface area contributed by atoms with E-state index in [0.29, 0.717) is 6.61 Å². The van der Waals surface area contributed by atoms with E-state index in [9.17, 15) is 9.59 Å². The highest BCUT2D eigenvalue weighted by Gasteiger charge is 2.07. The Morgan fingerprint density at radius 2 is 1.78 bits per heavy atom. The fraction of sp³-hybridized carbons (Fsp3) is 0.833. The van der Waals surface area contributed by atoms with Crippen LogP contribution in [0.15, 0.2) is 0 Å². The van der Waals surface area contributed by atoms with Gasteiger partial charge in [-0.1, -0.05) is 13.8 Å². The van der Waals surface area contributed by atoms with E-state index in [1.165, 1.54) is 0 Å². The predicted molar refractivity (Wildman–Crippen MR) is 70.0 cm³/mol. The summed E-state index contributed by atoms with van der Waals surface area (Å²) in [6.45, 7) is 7.12. The van der Waals surface area contributed by atoms with Crippen molar-refractivity contribution in [2.45, 2.75) is 26.7 Å². The number of hydrogen-bond acceptors (Lipinski definition) is 5. The van der Waals surface area contributed by atoms with Crippen molar-refractivity contribution in [2.24, 2.45) is 5.73 Å². The van der Waals surface area contributed by atoms with Gasteiger partial charge in [-0.05, 0) is 25.9 Å². The topological polar surface area (TPSA) is 84.7 Å². The van der Waals surface area contributed by atoms with Crippen LogP contribution in [-0.2, 0) is 14.3 Å². The van der Waals surface area contributed by atoms with Crippen molar-refractivity contribution in [3.8, 4) is 0 Å². The highest BCUT2D eigenvalue weighted by atomic mass is 16.5. The highest BCUT2D eigenvalue weighted by molar-refractivity contribution is 5.82. The minimum Gasteiger partial charge on any atom is -0.463 e. The second-order valence-corrected chi connectivity index (χ2v) is 4.04. The molecule has 3 N–H and O–H groups in total. The number of nitrogens with zero attached hydrogens (tertiary/aromatic N) is 1. The molecule has 0 rings (SSSR count). The highest BCUT2D eigenvalue weighted by Crippen LogP contribution is 1.94. The summed E-state index contributed by atoms with van der Waals surface area (Å²) in [7, 11) is 0. The standard InChI is InChI=1S/C12H25N3O3/c1-3-5-15(6-4-2)7-8-18-12(17)10-14-11(16)9-13/h3-10,13H2,1-2H3,(H,14,16). The lowest BCUT2D eigenvalue weighted by Gasteiger charge is -2.20. The zero-order valence-corrected chi connectivity index (χ0v) is 11.4. The number of carbonyl (C=O) groups is 2. The largest absolute Gasteiger partial charge is 0.463 e. The summed E-state index contributed by atoms with van der Waals surface area (Å²) in [6, 6.07) is 0. The molecule has 0 fully saturated rings. The molecule has 1 amide bonds.